The molecule has 1 fully saturated rings. The van der Waals surface area contributed by atoms with E-state index in [2.05, 4.69) is 4.90 Å². The third-order valence-corrected chi connectivity index (χ3v) is 4.43. The van der Waals surface area contributed by atoms with Gasteiger partial charge in [0.25, 0.3) is 0 Å². The molecule has 1 amide bonds. The van der Waals surface area contributed by atoms with E-state index in [0.29, 0.717) is 0 Å². The van der Waals surface area contributed by atoms with Gasteiger partial charge in [-0.05, 0) is 57.5 Å². The van der Waals surface area contributed by atoms with Crippen LogP contribution in [0.3, 0.4) is 0 Å². The molecule has 0 bridgehead atoms. The maximum Gasteiger partial charge on any atom is 0.220 e. The summed E-state index contributed by atoms with van der Waals surface area (Å²) in [5.41, 5.74) is 6.18. The number of nitrogens with zero attached hydrogens (tertiary/aromatic N) is 1. The zero-order chi connectivity index (χ0) is 14.0. The number of carbonyl (C=O) groups excluding carboxylic acids is 1. The second kappa shape index (κ2) is 6.55. The number of benzene rings is 1. The van der Waals surface area contributed by atoms with Crippen molar-refractivity contribution in [2.45, 2.75) is 31.2 Å². The second-order valence-corrected chi connectivity index (χ2v) is 5.61. The first-order valence-electron chi connectivity index (χ1n) is 6.68. The number of amides is 1. The fourth-order valence-electron chi connectivity index (χ4n) is 3.15. The Balaban J connectivity index is 0.00000200. The maximum atomic E-state index is 13.5. The molecule has 0 radical (unpaired) electrons. The molecule has 2 rings (SSSR count). The molecule has 0 aromatic heterocycles. The van der Waals surface area contributed by atoms with Gasteiger partial charge >= 0.3 is 0 Å². The van der Waals surface area contributed by atoms with Crippen LogP contribution >= 0.6 is 12.4 Å². The van der Waals surface area contributed by atoms with Gasteiger partial charge in [0.1, 0.15) is 5.82 Å². The van der Waals surface area contributed by atoms with Gasteiger partial charge < -0.3 is 5.73 Å². The summed E-state index contributed by atoms with van der Waals surface area (Å²) in [4.78, 5) is 13.4. The Morgan fingerprint density at radius 1 is 1.35 bits per heavy atom. The van der Waals surface area contributed by atoms with E-state index >= 15 is 0 Å². The van der Waals surface area contributed by atoms with E-state index < -0.39 is 0 Å². The molecule has 1 aliphatic carbocycles. The molecule has 2 N–H and O–H groups in total. The lowest BCUT2D eigenvalue weighted by molar-refractivity contribution is -0.123. The molecule has 1 aliphatic rings. The summed E-state index contributed by atoms with van der Waals surface area (Å²) in [6.07, 6.45) is 3.20. The average molecular weight is 301 g/mol. The predicted octanol–water partition coefficient (Wildman–Crippen LogP) is 2.68. The molecule has 20 heavy (non-hydrogen) atoms. The van der Waals surface area contributed by atoms with Crippen LogP contribution in [-0.4, -0.2) is 24.9 Å². The third-order valence-electron chi connectivity index (χ3n) is 4.43. The van der Waals surface area contributed by atoms with Gasteiger partial charge in [-0.1, -0.05) is 12.1 Å². The zero-order valence-electron chi connectivity index (χ0n) is 11.9. The van der Waals surface area contributed by atoms with Crippen LogP contribution in [0.4, 0.5) is 4.39 Å². The van der Waals surface area contributed by atoms with Crippen LogP contribution in [0.25, 0.3) is 0 Å². The normalized spacial score (nSPS) is 26.1. The van der Waals surface area contributed by atoms with Crippen LogP contribution in [0.5, 0.6) is 0 Å². The van der Waals surface area contributed by atoms with Gasteiger partial charge in [0.05, 0.1) is 0 Å². The summed E-state index contributed by atoms with van der Waals surface area (Å²) < 4.78 is 13.5. The molecule has 0 aliphatic heterocycles. The van der Waals surface area contributed by atoms with E-state index in [1.165, 1.54) is 6.07 Å². The van der Waals surface area contributed by atoms with Gasteiger partial charge in [-0.25, -0.2) is 4.39 Å². The molecule has 0 saturated heterocycles. The molecule has 0 spiro atoms. The third kappa shape index (κ3) is 3.13. The topological polar surface area (TPSA) is 46.3 Å². The number of halogens is 2. The quantitative estimate of drug-likeness (QED) is 0.933. The van der Waals surface area contributed by atoms with E-state index in [9.17, 15) is 9.18 Å². The summed E-state index contributed by atoms with van der Waals surface area (Å²) in [6.45, 7) is 0. The van der Waals surface area contributed by atoms with Crippen molar-refractivity contribution in [3.63, 3.8) is 0 Å². The van der Waals surface area contributed by atoms with Crippen molar-refractivity contribution in [3.05, 3.63) is 35.6 Å². The lowest BCUT2D eigenvalue weighted by Gasteiger charge is -2.45. The number of nitrogens with two attached hydrogens (primary N) is 1. The van der Waals surface area contributed by atoms with Crippen molar-refractivity contribution >= 4 is 18.3 Å². The zero-order valence-corrected chi connectivity index (χ0v) is 12.8. The van der Waals surface area contributed by atoms with Crippen LogP contribution < -0.4 is 5.73 Å². The van der Waals surface area contributed by atoms with E-state index in [0.717, 1.165) is 31.2 Å². The van der Waals surface area contributed by atoms with Gasteiger partial charge in [0.15, 0.2) is 0 Å². The number of hydrogen-bond acceptors (Lipinski definition) is 2. The SMILES string of the molecule is CN(C)C1(c2cccc(F)c2)CCC(C(N)=O)CC1.Cl. The number of rotatable bonds is 3. The molecular formula is C15H22ClFN2O. The maximum absolute atomic E-state index is 13.5. The molecule has 0 unspecified atom stereocenters. The summed E-state index contributed by atoms with van der Waals surface area (Å²) in [5, 5.41) is 0. The van der Waals surface area contributed by atoms with E-state index in [-0.39, 0.29) is 35.6 Å². The van der Waals surface area contributed by atoms with Crippen molar-refractivity contribution in [1.29, 1.82) is 0 Å². The second-order valence-electron chi connectivity index (χ2n) is 5.61. The number of carbonyl (C=O) groups is 1. The van der Waals surface area contributed by atoms with Crippen molar-refractivity contribution in [1.82, 2.24) is 4.90 Å². The molecule has 5 heteroatoms. The summed E-state index contributed by atoms with van der Waals surface area (Å²) in [5.74, 6) is -0.469. The van der Waals surface area contributed by atoms with Gasteiger partial charge in [-0.3, -0.25) is 9.69 Å². The summed E-state index contributed by atoms with van der Waals surface area (Å²) in [6, 6.07) is 6.77. The Morgan fingerprint density at radius 3 is 2.40 bits per heavy atom. The Hall–Kier alpha value is -1.13. The highest BCUT2D eigenvalue weighted by atomic mass is 35.5. The monoisotopic (exact) mass is 300 g/mol. The molecule has 3 nitrogen and oxygen atoms in total. The Morgan fingerprint density at radius 2 is 1.95 bits per heavy atom. The smallest absolute Gasteiger partial charge is 0.220 e. The number of hydrogen-bond donors (Lipinski definition) is 1. The minimum Gasteiger partial charge on any atom is -0.369 e. The summed E-state index contributed by atoms with van der Waals surface area (Å²) >= 11 is 0. The van der Waals surface area contributed by atoms with Crippen LogP contribution in [0, 0.1) is 11.7 Å². The van der Waals surface area contributed by atoms with Crippen LogP contribution in [0.15, 0.2) is 24.3 Å². The first-order valence-corrected chi connectivity index (χ1v) is 6.68. The molecule has 1 saturated carbocycles. The van der Waals surface area contributed by atoms with Gasteiger partial charge in [-0.2, -0.15) is 0 Å². The van der Waals surface area contributed by atoms with Gasteiger partial charge in [0, 0.05) is 11.5 Å². The van der Waals surface area contributed by atoms with E-state index in [1.54, 1.807) is 12.1 Å². The van der Waals surface area contributed by atoms with Crippen molar-refractivity contribution < 1.29 is 9.18 Å². The predicted molar refractivity (Wildman–Crippen MR) is 80.2 cm³/mol. The minimum atomic E-state index is -0.216. The van der Waals surface area contributed by atoms with Gasteiger partial charge in [-0.15, -0.1) is 12.4 Å². The average Bonchev–Trinajstić information content (AvgIpc) is 2.38. The van der Waals surface area contributed by atoms with Crippen molar-refractivity contribution in [2.75, 3.05) is 14.1 Å². The number of primary amides is 1. The Kier molecular flexibility index (Phi) is 5.54. The fraction of sp³-hybridized carbons (Fsp3) is 0.533. The largest absolute Gasteiger partial charge is 0.369 e. The Labute approximate surface area is 125 Å². The lowest BCUT2D eigenvalue weighted by atomic mass is 9.72. The van der Waals surface area contributed by atoms with E-state index in [4.69, 9.17) is 5.73 Å². The summed E-state index contributed by atoms with van der Waals surface area (Å²) in [7, 11) is 4.02. The highest BCUT2D eigenvalue weighted by Crippen LogP contribution is 2.43. The van der Waals surface area contributed by atoms with Crippen LogP contribution in [-0.2, 0) is 10.3 Å². The fourth-order valence-corrected chi connectivity index (χ4v) is 3.15. The highest BCUT2D eigenvalue weighted by Gasteiger charge is 2.40. The van der Waals surface area contributed by atoms with Crippen molar-refractivity contribution in [2.24, 2.45) is 11.7 Å². The Bertz CT molecular complexity index is 471. The van der Waals surface area contributed by atoms with Crippen LogP contribution in [0.1, 0.15) is 31.2 Å². The molecule has 0 atom stereocenters. The standard InChI is InChI=1S/C15H21FN2O.ClH/c1-18(2)15(12-4-3-5-13(16)10-12)8-6-11(7-9-15)14(17)19;/h3-5,10-11H,6-9H2,1-2H3,(H2,17,19);1H. The first kappa shape index (κ1) is 16.9. The lowest BCUT2D eigenvalue weighted by Crippen LogP contribution is -2.46. The highest BCUT2D eigenvalue weighted by molar-refractivity contribution is 5.85. The molecule has 0 heterocycles. The molecule has 1 aromatic carbocycles. The molecular weight excluding hydrogens is 279 g/mol. The van der Waals surface area contributed by atoms with Crippen molar-refractivity contribution in [3.8, 4) is 0 Å². The van der Waals surface area contributed by atoms with Crippen LogP contribution in [0.2, 0.25) is 0 Å². The first-order chi connectivity index (χ1) is 8.95. The van der Waals surface area contributed by atoms with E-state index in [1.807, 2.05) is 20.2 Å². The van der Waals surface area contributed by atoms with Gasteiger partial charge in [0.2, 0.25) is 5.91 Å². The molecule has 1 aromatic rings. The molecule has 112 valence electrons. The minimum absolute atomic E-state index is 0.